The Bertz CT molecular complexity index is 6240. The summed E-state index contributed by atoms with van der Waals surface area (Å²) < 4.78 is 352. The van der Waals surface area contributed by atoms with Crippen molar-refractivity contribution in [3.05, 3.63) is 354 Å². The molecule has 0 unspecified atom stereocenters. The van der Waals surface area contributed by atoms with E-state index in [2.05, 4.69) is 0 Å². The Hall–Kier alpha value is -6.75. The fourth-order valence-corrected chi connectivity index (χ4v) is 15.3. The van der Waals surface area contributed by atoms with Gasteiger partial charge in [0.15, 0.2) is 0 Å². The summed E-state index contributed by atoms with van der Waals surface area (Å²) in [6.45, 7) is -30.6. The van der Waals surface area contributed by atoms with Crippen LogP contribution < -0.4 is 0 Å². The second-order valence-corrected chi connectivity index (χ2v) is 32.1. The maximum atomic E-state index is 8.65. The lowest BCUT2D eigenvalue weighted by molar-refractivity contribution is -0.0119. The molecule has 5 aliphatic heterocycles. The molecule has 0 radical (unpaired) electrons. The zero-order valence-corrected chi connectivity index (χ0v) is 70.7. The molecule has 5 heterocycles. The predicted octanol–water partition coefficient (Wildman–Crippen LogP) is 25.5. The van der Waals surface area contributed by atoms with Gasteiger partial charge >= 0.3 is 0 Å². The molecule has 10 aromatic rings. The standard InChI is InChI=1S/5C21H26ClNO/c5*1-21(17-7-4-3-5-8-17,18-10-12-19(22)13-11-18)24-16-14-20-9-6-15-23(20)2/h5*3-5,7-8,10-13,20H,6,9,14-16H2,1-2H3/t5*20-,21-/m11111/s1/i1D3,2D3,14D2,16D2;1D3,14D2,16D2;1D3,2D3,16D2;1D3,2D3,14D2;1D3,2D3. The van der Waals surface area contributed by atoms with E-state index in [1.165, 1.54) is 94.7 Å². The first-order valence-corrected chi connectivity index (χ1v) is 42.1. The number of halogens is 5. The summed E-state index contributed by atoms with van der Waals surface area (Å²) in [6, 6.07) is 68.3. The highest BCUT2D eigenvalue weighted by Gasteiger charge is 2.37. The fraction of sp³-hybridized carbons (Fsp3) is 0.429. The first-order valence-electron chi connectivity index (χ1n) is 59.7. The van der Waals surface area contributed by atoms with Crippen molar-refractivity contribution in [1.29, 1.82) is 0 Å². The lowest BCUT2D eigenvalue weighted by Gasteiger charge is -2.32. The minimum Gasteiger partial charge on any atom is -0.366 e. The Kier molecular flexibility index (Phi) is 20.9. The van der Waals surface area contributed by atoms with Crippen LogP contribution in [0.25, 0.3) is 0 Å². The first kappa shape index (κ1) is 54.2. The first-order chi connectivity index (χ1) is 73.5. The van der Waals surface area contributed by atoms with E-state index in [-0.39, 0.29) is 72.0 Å². The van der Waals surface area contributed by atoms with Gasteiger partial charge in [-0.2, -0.15) is 0 Å². The van der Waals surface area contributed by atoms with Gasteiger partial charge in [-0.15, -0.1) is 0 Å². The Balaban J connectivity index is 0.000000187. The molecule has 5 aliphatic rings. The van der Waals surface area contributed by atoms with Crippen LogP contribution in [0.3, 0.4) is 0 Å². The van der Waals surface area contributed by atoms with E-state index in [0.29, 0.717) is 112 Å². The van der Waals surface area contributed by atoms with Gasteiger partial charge < -0.3 is 48.2 Å². The van der Waals surface area contributed by atoms with E-state index in [9.17, 15) is 0 Å². The van der Waals surface area contributed by atoms with Crippen LogP contribution in [0.1, 0.15) is 240 Å². The second kappa shape index (κ2) is 46.3. The predicted molar refractivity (Wildman–Crippen MR) is 503 cm³/mol. The van der Waals surface area contributed by atoms with Crippen molar-refractivity contribution in [2.75, 3.05) is 101 Å². The van der Waals surface area contributed by atoms with Crippen molar-refractivity contribution in [3.8, 4) is 0 Å². The lowest BCUT2D eigenvalue weighted by Crippen LogP contribution is -2.31. The Morgan fingerprint density at radius 2 is 0.492 bits per heavy atom. The molecule has 120 heavy (non-hydrogen) atoms. The van der Waals surface area contributed by atoms with Crippen molar-refractivity contribution >= 4 is 58.0 Å². The van der Waals surface area contributed by atoms with Crippen molar-refractivity contribution in [2.24, 2.45) is 0 Å². The molecule has 0 bridgehead atoms. The topological polar surface area (TPSA) is 62.4 Å². The number of likely N-dealkylation sites (tertiary alicyclic amines) is 5. The Labute approximate surface area is 799 Å². The zero-order valence-electron chi connectivity index (χ0n) is 106. The number of benzene rings is 10. The molecule has 640 valence electrons. The molecule has 0 aromatic heterocycles. The lowest BCUT2D eigenvalue weighted by atomic mass is 9.88. The summed E-state index contributed by atoms with van der Waals surface area (Å²) in [4.78, 5) is 6.66. The van der Waals surface area contributed by atoms with Gasteiger partial charge in [-0.25, -0.2) is 0 Å². The number of ether oxygens (including phenoxy) is 5. The highest BCUT2D eigenvalue weighted by molar-refractivity contribution is 6.31. The number of hydrogen-bond acceptors (Lipinski definition) is 10. The van der Waals surface area contributed by atoms with Crippen LogP contribution in [0.5, 0.6) is 0 Å². The summed E-state index contributed by atoms with van der Waals surface area (Å²) in [5, 5.41) is 2.06. The summed E-state index contributed by atoms with van der Waals surface area (Å²) in [5.74, 6) is 0. The molecular formula is C105H130Cl5N5O5. The van der Waals surface area contributed by atoms with E-state index < -0.39 is 160 Å². The van der Waals surface area contributed by atoms with Crippen LogP contribution in [0, 0.1) is 0 Å². The molecule has 10 aromatic carbocycles. The maximum Gasteiger partial charge on any atom is 0.115 e. The van der Waals surface area contributed by atoms with Gasteiger partial charge in [-0.05, 0) is 314 Å². The van der Waals surface area contributed by atoms with Crippen LogP contribution in [0.4, 0.5) is 0 Å². The minimum absolute atomic E-state index is 0.0573. The largest absolute Gasteiger partial charge is 0.366 e. The number of rotatable bonds is 30. The molecule has 15 rings (SSSR count). The van der Waals surface area contributed by atoms with Crippen molar-refractivity contribution in [2.45, 2.75) is 189 Å². The highest BCUT2D eigenvalue weighted by Crippen LogP contribution is 2.41. The molecular weight excluding hydrogens is 1590 g/mol. The summed E-state index contributed by atoms with van der Waals surface area (Å²) in [7, 11) is 1.74. The Morgan fingerprint density at radius 1 is 0.267 bits per heavy atom. The van der Waals surface area contributed by atoms with E-state index in [4.69, 9.17) is 135 Å². The smallest absolute Gasteiger partial charge is 0.115 e. The third-order valence-corrected chi connectivity index (χ3v) is 23.0. The van der Waals surface area contributed by atoms with Gasteiger partial charge in [0.2, 0.25) is 0 Å². The van der Waals surface area contributed by atoms with Crippen molar-refractivity contribution in [3.63, 3.8) is 0 Å². The average Bonchev–Trinajstić information content (AvgIpc) is 1.55. The molecule has 0 N–H and O–H groups in total. The molecule has 10 nitrogen and oxygen atoms in total. The van der Waals surface area contributed by atoms with Gasteiger partial charge in [0.05, 0.1) is 8.22 Å². The Morgan fingerprint density at radius 3 is 0.775 bits per heavy atom. The van der Waals surface area contributed by atoms with Gasteiger partial charge in [0.1, 0.15) is 28.0 Å². The van der Waals surface area contributed by atoms with E-state index in [0.717, 1.165) is 29.1 Å². The van der Waals surface area contributed by atoms with Gasteiger partial charge in [-0.3, -0.25) is 0 Å². The third kappa shape index (κ3) is 26.0. The average molecular weight is 1760 g/mol. The SMILES string of the molecule is [2H]C([2H])(CO[C@](c1ccccc1)(c1ccc(Cl)cc1)C([2H])([2H])[2H])[C@H]1CCCN1C([2H])([2H])[2H].[2H]C([2H])(C[C@H]1CCCN1C([2H])([2H])[2H])O[C@](c1ccccc1)(c1ccc(Cl)cc1)C([2H])([2H])[2H].[2H]C([2H])(O[C@](c1ccccc1)(c1ccc(Cl)cc1)C([2H])([2H])[2H])C([2H])([2H])[C@H]1CCCN1C.[2H]C([2H])([2H])N1CCC[C@@H]1C([2H])([2H])C([2H])([2H])O[C@](c1ccccc1)(c1ccc(Cl)cc1)C([2H])([2H])[2H].[2H]C([2H])([2H])N1CCC[C@@H]1CCO[C@](c1ccccc1)(c1ccc(Cl)cc1)C([2H])([2H])[2H]. The molecule has 0 aliphatic carbocycles. The van der Waals surface area contributed by atoms with E-state index in [1.54, 1.807) is 194 Å². The minimum atomic E-state index is -3.20. The molecule has 10 atom stereocenters. The molecule has 0 amide bonds. The van der Waals surface area contributed by atoms with Crippen molar-refractivity contribution in [1.82, 2.24) is 24.5 Å². The summed E-state index contributed by atoms with van der Waals surface area (Å²) in [6.07, 6.45) is -2.04. The van der Waals surface area contributed by atoms with Crippen LogP contribution in [0.2, 0.25) is 25.1 Å². The molecule has 15 heteroatoms. The van der Waals surface area contributed by atoms with Gasteiger partial charge in [0.25, 0.3) is 0 Å². The molecule has 5 saturated heterocycles. The highest BCUT2D eigenvalue weighted by atomic mass is 35.5. The summed E-state index contributed by atoms with van der Waals surface area (Å²) in [5.41, 5.74) is -7.72. The fourth-order valence-electron chi connectivity index (χ4n) is 14.7. The normalized spacial score (nSPS) is 27.4. The van der Waals surface area contributed by atoms with Crippen LogP contribution in [0.15, 0.2) is 273 Å². The second-order valence-electron chi connectivity index (χ2n) is 29.9. The van der Waals surface area contributed by atoms with Crippen LogP contribution in [-0.4, -0.2) is 155 Å². The quantitative estimate of drug-likeness (QED) is 0.0435. The van der Waals surface area contributed by atoms with Gasteiger partial charge in [0, 0.05) is 133 Å². The van der Waals surface area contributed by atoms with Gasteiger partial charge in [-0.1, -0.05) is 270 Å². The maximum absolute atomic E-state index is 8.65. The number of hydrogen-bond donors (Lipinski definition) is 0. The third-order valence-electron chi connectivity index (χ3n) is 21.7. The van der Waals surface area contributed by atoms with Crippen LogP contribution in [-0.2, 0) is 51.7 Å². The molecule has 5 fully saturated rings. The van der Waals surface area contributed by atoms with Crippen molar-refractivity contribution < 1.29 is 77.1 Å². The molecule has 0 spiro atoms. The summed E-state index contributed by atoms with van der Waals surface area (Å²) >= 11 is 30.1. The number of nitrogens with zero attached hydrogens (tertiary/aromatic N) is 5. The van der Waals surface area contributed by atoms with Crippen LogP contribution >= 0.6 is 58.0 Å². The zero-order chi connectivity index (χ0) is 118. The van der Waals surface area contributed by atoms with E-state index in [1.807, 2.05) is 6.07 Å². The van der Waals surface area contributed by atoms with E-state index >= 15 is 0 Å². The monoisotopic (exact) mass is 1760 g/mol. The molecule has 0 saturated carbocycles.